The number of methoxy groups -OCH3 is 1. The van der Waals surface area contributed by atoms with Gasteiger partial charge in [0.15, 0.2) is 6.61 Å². The molecule has 0 aliphatic rings. The summed E-state index contributed by atoms with van der Waals surface area (Å²) >= 11 is 6.04. The van der Waals surface area contributed by atoms with Crippen LogP contribution in [-0.2, 0) is 4.79 Å². The molecule has 0 bridgehead atoms. The highest BCUT2D eigenvalue weighted by Gasteiger charge is 2.14. The van der Waals surface area contributed by atoms with Gasteiger partial charge in [0.1, 0.15) is 11.5 Å². The maximum absolute atomic E-state index is 12.2. The van der Waals surface area contributed by atoms with E-state index in [1.54, 1.807) is 30.3 Å². The number of carbonyl (C=O) groups excluding carboxylic acids is 2. The highest BCUT2D eigenvalue weighted by atomic mass is 35.5. The maximum Gasteiger partial charge on any atom is 0.262 e. The van der Waals surface area contributed by atoms with Crippen LogP contribution in [0.4, 0.5) is 5.69 Å². The molecule has 0 fully saturated rings. The number of halogens is 1. The van der Waals surface area contributed by atoms with Gasteiger partial charge < -0.3 is 20.5 Å². The number of nitrogens with two attached hydrogens (primary N) is 1. The van der Waals surface area contributed by atoms with Crippen LogP contribution in [0.1, 0.15) is 21.5 Å². The molecule has 0 aliphatic carbocycles. The van der Waals surface area contributed by atoms with Crippen molar-refractivity contribution in [3.05, 3.63) is 52.0 Å². The van der Waals surface area contributed by atoms with Gasteiger partial charge in [0.05, 0.1) is 18.4 Å². The molecule has 0 saturated heterocycles. The van der Waals surface area contributed by atoms with E-state index in [4.69, 9.17) is 26.8 Å². The maximum atomic E-state index is 12.2. The number of rotatable bonds is 6. The van der Waals surface area contributed by atoms with Crippen LogP contribution in [0.25, 0.3) is 0 Å². The van der Waals surface area contributed by atoms with Crippen molar-refractivity contribution in [3.63, 3.8) is 0 Å². The van der Waals surface area contributed by atoms with E-state index < -0.39 is 11.8 Å². The Balaban J connectivity index is 2.11. The number of benzene rings is 2. The van der Waals surface area contributed by atoms with Crippen molar-refractivity contribution >= 4 is 29.1 Å². The quantitative estimate of drug-likeness (QED) is 0.826. The third-order valence-corrected chi connectivity index (χ3v) is 3.92. The zero-order chi connectivity index (χ0) is 18.6. The number of primary amides is 1. The van der Waals surface area contributed by atoms with E-state index >= 15 is 0 Å². The number of ether oxygens (including phenoxy) is 2. The summed E-state index contributed by atoms with van der Waals surface area (Å²) in [5, 5.41) is 3.24. The smallest absolute Gasteiger partial charge is 0.262 e. The predicted molar refractivity (Wildman–Crippen MR) is 96.6 cm³/mol. The minimum atomic E-state index is -0.620. The van der Waals surface area contributed by atoms with Gasteiger partial charge in [-0.2, -0.15) is 0 Å². The van der Waals surface area contributed by atoms with E-state index in [9.17, 15) is 9.59 Å². The van der Waals surface area contributed by atoms with Gasteiger partial charge in [-0.05, 0) is 43.2 Å². The molecule has 7 heteroatoms. The lowest BCUT2D eigenvalue weighted by Crippen LogP contribution is -2.22. The second-order valence-corrected chi connectivity index (χ2v) is 5.91. The Kier molecular flexibility index (Phi) is 5.88. The fraction of sp³-hybridized carbons (Fsp3) is 0.222. The lowest BCUT2D eigenvalue weighted by atomic mass is 10.1. The third kappa shape index (κ3) is 4.64. The summed E-state index contributed by atoms with van der Waals surface area (Å²) in [7, 11) is 1.49. The standard InChI is InChI=1S/C18H19ClN2O4/c1-10-4-5-12(18(20)23)15(6-10)25-9-17(22)21-14-7-11(2)13(19)8-16(14)24-3/h4-8H,9H2,1-3H3,(H2,20,23)(H,21,22). The molecule has 0 saturated carbocycles. The van der Waals surface area contributed by atoms with Crippen LogP contribution < -0.4 is 20.5 Å². The van der Waals surface area contributed by atoms with Gasteiger partial charge in [-0.3, -0.25) is 9.59 Å². The molecular weight excluding hydrogens is 344 g/mol. The Morgan fingerprint density at radius 2 is 1.88 bits per heavy atom. The highest BCUT2D eigenvalue weighted by Crippen LogP contribution is 2.31. The van der Waals surface area contributed by atoms with Crippen molar-refractivity contribution in [3.8, 4) is 11.5 Å². The number of hydrogen-bond acceptors (Lipinski definition) is 4. The molecule has 0 radical (unpaired) electrons. The van der Waals surface area contributed by atoms with E-state index in [-0.39, 0.29) is 17.9 Å². The van der Waals surface area contributed by atoms with Crippen molar-refractivity contribution in [1.29, 1.82) is 0 Å². The topological polar surface area (TPSA) is 90.7 Å². The number of carbonyl (C=O) groups is 2. The first-order chi connectivity index (χ1) is 11.8. The first-order valence-corrected chi connectivity index (χ1v) is 7.87. The zero-order valence-electron chi connectivity index (χ0n) is 14.2. The van der Waals surface area contributed by atoms with Crippen molar-refractivity contribution in [1.82, 2.24) is 0 Å². The van der Waals surface area contributed by atoms with Gasteiger partial charge in [0.25, 0.3) is 11.8 Å². The molecule has 3 N–H and O–H groups in total. The minimum absolute atomic E-state index is 0.221. The SMILES string of the molecule is COc1cc(Cl)c(C)cc1NC(=O)COc1cc(C)ccc1C(N)=O. The Morgan fingerprint density at radius 3 is 2.52 bits per heavy atom. The molecule has 0 aromatic heterocycles. The second-order valence-electron chi connectivity index (χ2n) is 5.50. The number of anilines is 1. The summed E-state index contributed by atoms with van der Waals surface area (Å²) in [6, 6.07) is 8.30. The minimum Gasteiger partial charge on any atom is -0.495 e. The van der Waals surface area contributed by atoms with Crippen LogP contribution >= 0.6 is 11.6 Å². The lowest BCUT2D eigenvalue weighted by Gasteiger charge is -2.13. The van der Waals surface area contributed by atoms with Crippen LogP contribution in [0.3, 0.4) is 0 Å². The van der Waals surface area contributed by atoms with E-state index in [1.165, 1.54) is 7.11 Å². The molecule has 2 rings (SSSR count). The van der Waals surface area contributed by atoms with Crippen LogP contribution in [0.5, 0.6) is 11.5 Å². The van der Waals surface area contributed by atoms with Gasteiger partial charge in [0, 0.05) is 11.1 Å². The Labute approximate surface area is 150 Å². The van der Waals surface area contributed by atoms with Gasteiger partial charge in [0.2, 0.25) is 0 Å². The van der Waals surface area contributed by atoms with Crippen LogP contribution in [0, 0.1) is 13.8 Å². The largest absolute Gasteiger partial charge is 0.495 e. The van der Waals surface area contributed by atoms with E-state index in [2.05, 4.69) is 5.32 Å². The highest BCUT2D eigenvalue weighted by molar-refractivity contribution is 6.31. The van der Waals surface area contributed by atoms with Crippen molar-refractivity contribution in [2.75, 3.05) is 19.0 Å². The number of hydrogen-bond donors (Lipinski definition) is 2. The molecule has 0 spiro atoms. The molecule has 0 heterocycles. The monoisotopic (exact) mass is 362 g/mol. The normalized spacial score (nSPS) is 10.2. The molecule has 2 aromatic carbocycles. The third-order valence-electron chi connectivity index (χ3n) is 3.52. The molecule has 132 valence electrons. The summed E-state index contributed by atoms with van der Waals surface area (Å²) in [5.74, 6) is -0.318. The van der Waals surface area contributed by atoms with Crippen LogP contribution in [0.2, 0.25) is 5.02 Å². The first kappa shape index (κ1) is 18.6. The molecule has 0 atom stereocenters. The van der Waals surface area contributed by atoms with Gasteiger partial charge in [-0.25, -0.2) is 0 Å². The van der Waals surface area contributed by atoms with Crippen molar-refractivity contribution in [2.45, 2.75) is 13.8 Å². The van der Waals surface area contributed by atoms with Crippen LogP contribution in [0.15, 0.2) is 30.3 Å². The Bertz CT molecular complexity index is 821. The van der Waals surface area contributed by atoms with E-state index in [0.717, 1.165) is 11.1 Å². The fourth-order valence-electron chi connectivity index (χ4n) is 2.21. The zero-order valence-corrected chi connectivity index (χ0v) is 14.9. The fourth-order valence-corrected chi connectivity index (χ4v) is 2.37. The first-order valence-electron chi connectivity index (χ1n) is 7.49. The van der Waals surface area contributed by atoms with E-state index in [1.807, 2.05) is 13.8 Å². The molecule has 0 aliphatic heterocycles. The van der Waals surface area contributed by atoms with Crippen LogP contribution in [-0.4, -0.2) is 25.5 Å². The number of amides is 2. The molecule has 2 amide bonds. The summed E-state index contributed by atoms with van der Waals surface area (Å²) in [4.78, 5) is 23.6. The summed E-state index contributed by atoms with van der Waals surface area (Å²) in [6.45, 7) is 3.38. The number of aryl methyl sites for hydroxylation is 2. The van der Waals surface area contributed by atoms with Gasteiger partial charge >= 0.3 is 0 Å². The van der Waals surface area contributed by atoms with Crippen molar-refractivity contribution in [2.24, 2.45) is 5.73 Å². The van der Waals surface area contributed by atoms with Crippen molar-refractivity contribution < 1.29 is 19.1 Å². The molecule has 2 aromatic rings. The summed E-state index contributed by atoms with van der Waals surface area (Å²) < 4.78 is 10.7. The van der Waals surface area contributed by atoms with E-state index in [0.29, 0.717) is 16.5 Å². The van der Waals surface area contributed by atoms with Gasteiger partial charge in [-0.1, -0.05) is 17.7 Å². The second kappa shape index (κ2) is 7.90. The lowest BCUT2D eigenvalue weighted by molar-refractivity contribution is -0.118. The van der Waals surface area contributed by atoms with Gasteiger partial charge in [-0.15, -0.1) is 0 Å². The number of nitrogens with one attached hydrogen (secondary N) is 1. The summed E-state index contributed by atoms with van der Waals surface area (Å²) in [6.07, 6.45) is 0. The Hall–Kier alpha value is -2.73. The molecule has 25 heavy (non-hydrogen) atoms. The Morgan fingerprint density at radius 1 is 1.16 bits per heavy atom. The summed E-state index contributed by atoms with van der Waals surface area (Å²) in [5.41, 5.74) is 7.70. The molecular formula is C18H19ClN2O4. The molecule has 0 unspecified atom stereocenters. The average molecular weight is 363 g/mol. The predicted octanol–water partition coefficient (Wildman–Crippen LogP) is 3.08. The molecule has 6 nitrogen and oxygen atoms in total. The average Bonchev–Trinajstić information content (AvgIpc) is 2.55.